The molecule has 0 amide bonds. The van der Waals surface area contributed by atoms with Gasteiger partial charge in [0, 0.05) is 19.3 Å². The van der Waals surface area contributed by atoms with Crippen molar-refractivity contribution in [3.63, 3.8) is 0 Å². The lowest BCUT2D eigenvalue weighted by Crippen LogP contribution is -2.34. The summed E-state index contributed by atoms with van der Waals surface area (Å²) < 4.78 is 50.9. The van der Waals surface area contributed by atoms with Crippen LogP contribution in [-0.4, -0.2) is 40.7 Å². The Morgan fingerprint density at radius 3 is 2.50 bits per heavy atom. The molecule has 0 unspecified atom stereocenters. The molecule has 0 bridgehead atoms. The molecule has 20 heavy (non-hydrogen) atoms. The Balaban J connectivity index is 2.74. The van der Waals surface area contributed by atoms with Crippen molar-refractivity contribution in [3.05, 3.63) is 17.3 Å². The molecule has 1 aromatic heterocycles. The summed E-state index contributed by atoms with van der Waals surface area (Å²) in [5.74, 6) is -0.351. The maximum absolute atomic E-state index is 11.9. The van der Waals surface area contributed by atoms with E-state index in [0.29, 0.717) is 0 Å². The number of nitrogen functional groups attached to an aromatic ring is 1. The van der Waals surface area contributed by atoms with E-state index in [-0.39, 0.29) is 34.6 Å². The quantitative estimate of drug-likeness (QED) is 0.614. The van der Waals surface area contributed by atoms with Crippen LogP contribution in [0.1, 0.15) is 6.92 Å². The minimum Gasteiger partial charge on any atom is -0.382 e. The minimum atomic E-state index is -3.88. The molecule has 11 heteroatoms. The van der Waals surface area contributed by atoms with Gasteiger partial charge in [-0.25, -0.2) is 31.3 Å². The van der Waals surface area contributed by atoms with Gasteiger partial charge in [0.25, 0.3) is 0 Å². The summed E-state index contributed by atoms with van der Waals surface area (Å²) in [5.41, 5.74) is 5.38. The average Bonchev–Trinajstić information content (AvgIpc) is 2.31. The Bertz CT molecular complexity index is 675. The molecular formula is C9H15ClN4O4S2. The largest absolute Gasteiger partial charge is 0.382 e. The van der Waals surface area contributed by atoms with Gasteiger partial charge in [0.2, 0.25) is 20.0 Å². The van der Waals surface area contributed by atoms with Crippen molar-refractivity contribution >= 4 is 37.5 Å². The molecular weight excluding hydrogens is 328 g/mol. The summed E-state index contributed by atoms with van der Waals surface area (Å²) >= 11 is 5.68. The first-order valence-electron chi connectivity index (χ1n) is 5.56. The van der Waals surface area contributed by atoms with Gasteiger partial charge in [-0.15, -0.1) is 0 Å². The van der Waals surface area contributed by atoms with E-state index in [1.54, 1.807) is 6.92 Å². The zero-order valence-electron chi connectivity index (χ0n) is 10.6. The standard InChI is InChI=1S/C9H15ClN4O4S2/c1-2-13-19(15,16)4-3-14-20(17,18)7-5-8(10)9(11)12-6-7/h5-6,13-14H,2-4H2,1H3,(H2,11,12). The molecule has 1 aromatic rings. The number of nitrogens with zero attached hydrogens (tertiary/aromatic N) is 1. The number of pyridine rings is 1. The van der Waals surface area contributed by atoms with Crippen LogP contribution in [0.2, 0.25) is 5.02 Å². The van der Waals surface area contributed by atoms with Crippen LogP contribution in [0.3, 0.4) is 0 Å². The van der Waals surface area contributed by atoms with Gasteiger partial charge in [0.15, 0.2) is 0 Å². The van der Waals surface area contributed by atoms with Gasteiger partial charge in [-0.3, -0.25) is 0 Å². The highest BCUT2D eigenvalue weighted by Crippen LogP contribution is 2.19. The number of nitrogens with one attached hydrogen (secondary N) is 2. The molecule has 0 radical (unpaired) electrons. The smallest absolute Gasteiger partial charge is 0.242 e. The molecule has 0 atom stereocenters. The van der Waals surface area contributed by atoms with Crippen LogP contribution in [0.5, 0.6) is 0 Å². The molecule has 4 N–H and O–H groups in total. The summed E-state index contributed by atoms with van der Waals surface area (Å²) in [6.07, 6.45) is 1.04. The summed E-state index contributed by atoms with van der Waals surface area (Å²) in [6, 6.07) is 1.14. The summed E-state index contributed by atoms with van der Waals surface area (Å²) in [5, 5.41) is 0.00754. The number of sulfonamides is 2. The molecule has 8 nitrogen and oxygen atoms in total. The monoisotopic (exact) mass is 342 g/mol. The van der Waals surface area contributed by atoms with Crippen molar-refractivity contribution in [2.75, 3.05) is 24.6 Å². The molecule has 114 valence electrons. The highest BCUT2D eigenvalue weighted by Gasteiger charge is 2.17. The van der Waals surface area contributed by atoms with Crippen LogP contribution in [0.4, 0.5) is 5.82 Å². The second-order valence-electron chi connectivity index (χ2n) is 3.75. The summed E-state index contributed by atoms with van der Waals surface area (Å²) in [4.78, 5) is 3.44. The van der Waals surface area contributed by atoms with E-state index in [9.17, 15) is 16.8 Å². The van der Waals surface area contributed by atoms with Crippen molar-refractivity contribution < 1.29 is 16.8 Å². The van der Waals surface area contributed by atoms with E-state index >= 15 is 0 Å². The number of halogens is 1. The molecule has 0 aliphatic rings. The van der Waals surface area contributed by atoms with E-state index in [2.05, 4.69) is 14.4 Å². The minimum absolute atomic E-state index is 0.00754. The third-order valence-electron chi connectivity index (χ3n) is 2.18. The average molecular weight is 343 g/mol. The fourth-order valence-electron chi connectivity index (χ4n) is 1.26. The molecule has 0 saturated heterocycles. The SMILES string of the molecule is CCNS(=O)(=O)CCNS(=O)(=O)c1cnc(N)c(Cl)c1. The predicted octanol–water partition coefficient (Wildman–Crippen LogP) is -0.465. The first kappa shape index (κ1) is 17.1. The lowest BCUT2D eigenvalue weighted by Gasteiger charge is -2.08. The highest BCUT2D eigenvalue weighted by molar-refractivity contribution is 7.90. The molecule has 0 aliphatic heterocycles. The van der Waals surface area contributed by atoms with E-state index in [1.807, 2.05) is 0 Å². The van der Waals surface area contributed by atoms with Crippen LogP contribution in [0, 0.1) is 0 Å². The molecule has 1 heterocycles. The van der Waals surface area contributed by atoms with Crippen molar-refractivity contribution in [1.29, 1.82) is 0 Å². The van der Waals surface area contributed by atoms with Gasteiger partial charge in [0.1, 0.15) is 10.7 Å². The Labute approximate surface area is 122 Å². The number of hydrogen-bond donors (Lipinski definition) is 3. The van der Waals surface area contributed by atoms with Crippen molar-refractivity contribution in [2.24, 2.45) is 0 Å². The van der Waals surface area contributed by atoms with Gasteiger partial charge in [-0.1, -0.05) is 18.5 Å². The van der Waals surface area contributed by atoms with E-state index in [0.717, 1.165) is 12.3 Å². The third kappa shape index (κ3) is 4.87. The summed E-state index contributed by atoms with van der Waals surface area (Å²) in [6.45, 7) is 1.61. The third-order valence-corrected chi connectivity index (χ3v) is 5.38. The zero-order valence-corrected chi connectivity index (χ0v) is 13.0. The number of nitrogens with two attached hydrogens (primary N) is 1. The predicted molar refractivity (Wildman–Crippen MR) is 76.3 cm³/mol. The molecule has 0 saturated carbocycles. The van der Waals surface area contributed by atoms with Crippen molar-refractivity contribution in [1.82, 2.24) is 14.4 Å². The highest BCUT2D eigenvalue weighted by atomic mass is 35.5. The van der Waals surface area contributed by atoms with Gasteiger partial charge in [-0.05, 0) is 6.07 Å². The Kier molecular flexibility index (Phi) is 5.71. The molecule has 0 spiro atoms. The van der Waals surface area contributed by atoms with Crippen LogP contribution in [0.15, 0.2) is 17.2 Å². The summed E-state index contributed by atoms with van der Waals surface area (Å²) in [7, 11) is -7.37. The maximum Gasteiger partial charge on any atom is 0.242 e. The molecule has 0 fully saturated rings. The van der Waals surface area contributed by atoms with Crippen LogP contribution < -0.4 is 15.2 Å². The molecule has 0 aliphatic carbocycles. The van der Waals surface area contributed by atoms with Gasteiger partial charge >= 0.3 is 0 Å². The van der Waals surface area contributed by atoms with Crippen LogP contribution in [-0.2, 0) is 20.0 Å². The fraction of sp³-hybridized carbons (Fsp3) is 0.444. The van der Waals surface area contributed by atoms with Gasteiger partial charge in [0.05, 0.1) is 10.8 Å². The molecule has 0 aromatic carbocycles. The van der Waals surface area contributed by atoms with Crippen molar-refractivity contribution in [2.45, 2.75) is 11.8 Å². The number of hydrogen-bond acceptors (Lipinski definition) is 6. The lowest BCUT2D eigenvalue weighted by atomic mass is 10.5. The first-order valence-corrected chi connectivity index (χ1v) is 9.07. The van der Waals surface area contributed by atoms with E-state index < -0.39 is 20.0 Å². The Morgan fingerprint density at radius 1 is 1.30 bits per heavy atom. The topological polar surface area (TPSA) is 131 Å². The van der Waals surface area contributed by atoms with Crippen LogP contribution >= 0.6 is 11.6 Å². The van der Waals surface area contributed by atoms with Gasteiger partial charge < -0.3 is 5.73 Å². The Morgan fingerprint density at radius 2 is 1.95 bits per heavy atom. The van der Waals surface area contributed by atoms with Gasteiger partial charge in [-0.2, -0.15) is 0 Å². The Hall–Kier alpha value is -0.940. The van der Waals surface area contributed by atoms with Crippen molar-refractivity contribution in [3.8, 4) is 0 Å². The number of aromatic nitrogens is 1. The second kappa shape index (κ2) is 6.68. The normalized spacial score (nSPS) is 12.5. The van der Waals surface area contributed by atoms with Crippen LogP contribution in [0.25, 0.3) is 0 Å². The number of rotatable bonds is 7. The zero-order chi connectivity index (χ0) is 15.4. The number of anilines is 1. The van der Waals surface area contributed by atoms with E-state index in [1.165, 1.54) is 0 Å². The van der Waals surface area contributed by atoms with E-state index in [4.69, 9.17) is 17.3 Å². The lowest BCUT2D eigenvalue weighted by molar-refractivity contribution is 0.576. The second-order valence-corrected chi connectivity index (χ2v) is 7.85. The maximum atomic E-state index is 11.9. The first-order chi connectivity index (χ1) is 9.18. The molecule has 1 rings (SSSR count). The fourth-order valence-corrected chi connectivity index (χ4v) is 3.58.